The molecule has 11 rings (SSSR count). The van der Waals surface area contributed by atoms with Gasteiger partial charge in [-0.05, 0) is 88.0 Å². The number of rotatable bonds is 6. The molecule has 0 N–H and O–H groups in total. The average Bonchev–Trinajstić information content (AvgIpc) is 3.83. The number of hydrogen-bond donors (Lipinski definition) is 0. The lowest BCUT2D eigenvalue weighted by atomic mass is 9.67. The third kappa shape index (κ3) is 5.76. The zero-order valence-corrected chi connectivity index (χ0v) is 33.6. The van der Waals surface area contributed by atoms with Gasteiger partial charge in [-0.25, -0.2) is 9.98 Å². The average molecular weight is 773 g/mol. The maximum absolute atomic E-state index is 5.72. The number of nitrogens with zero attached hydrogens (tertiary/aromatic N) is 2. The SMILES string of the molecule is C/C1=C(\c2cc3c(cc2-c2ccccc2)-c2ccccc2C3(c2ccccc2)c2ccccc2)N=C(c2ccccc2)N=C(c2cccc3c2sc2ccccc23)CC1. The van der Waals surface area contributed by atoms with Crippen LogP contribution in [0.5, 0.6) is 0 Å². The predicted molar refractivity (Wildman–Crippen MR) is 250 cm³/mol. The largest absolute Gasteiger partial charge is 0.232 e. The predicted octanol–water partition coefficient (Wildman–Crippen LogP) is 14.5. The van der Waals surface area contributed by atoms with Gasteiger partial charge in [0, 0.05) is 36.9 Å². The van der Waals surface area contributed by atoms with Crippen molar-refractivity contribution in [1.82, 2.24) is 0 Å². The van der Waals surface area contributed by atoms with E-state index < -0.39 is 5.41 Å². The highest BCUT2D eigenvalue weighted by molar-refractivity contribution is 7.26. The van der Waals surface area contributed by atoms with E-state index in [1.165, 1.54) is 75.8 Å². The van der Waals surface area contributed by atoms with Gasteiger partial charge in [-0.1, -0.05) is 182 Å². The van der Waals surface area contributed by atoms with Crippen molar-refractivity contribution in [3.05, 3.63) is 245 Å². The Morgan fingerprint density at radius 1 is 0.441 bits per heavy atom. The molecule has 0 spiro atoms. The van der Waals surface area contributed by atoms with Gasteiger partial charge in [-0.15, -0.1) is 11.3 Å². The van der Waals surface area contributed by atoms with Gasteiger partial charge in [0.2, 0.25) is 0 Å². The second kappa shape index (κ2) is 14.5. The van der Waals surface area contributed by atoms with Crippen LogP contribution in [0, 0.1) is 0 Å². The van der Waals surface area contributed by atoms with E-state index in [9.17, 15) is 0 Å². The van der Waals surface area contributed by atoms with Gasteiger partial charge >= 0.3 is 0 Å². The Hall–Kier alpha value is -6.94. The molecular weight excluding hydrogens is 733 g/mol. The van der Waals surface area contributed by atoms with Crippen LogP contribution in [0.4, 0.5) is 0 Å². The van der Waals surface area contributed by atoms with Gasteiger partial charge in [0.25, 0.3) is 0 Å². The first-order valence-corrected chi connectivity index (χ1v) is 21.3. The minimum absolute atomic E-state index is 0.533. The van der Waals surface area contributed by atoms with Crippen LogP contribution >= 0.6 is 11.3 Å². The molecule has 0 saturated carbocycles. The molecule has 59 heavy (non-hydrogen) atoms. The van der Waals surface area contributed by atoms with E-state index in [1.807, 2.05) is 11.3 Å². The van der Waals surface area contributed by atoms with Crippen LogP contribution in [0.15, 0.2) is 216 Å². The molecule has 2 nitrogen and oxygen atoms in total. The minimum Gasteiger partial charge on any atom is -0.232 e. The Labute approximate surface area is 349 Å². The normalized spacial score (nSPS) is 15.9. The first kappa shape index (κ1) is 35.2. The second-order valence-electron chi connectivity index (χ2n) is 15.6. The van der Waals surface area contributed by atoms with E-state index >= 15 is 0 Å². The lowest BCUT2D eigenvalue weighted by Crippen LogP contribution is -2.28. The van der Waals surface area contributed by atoms with Crippen LogP contribution in [-0.4, -0.2) is 11.5 Å². The Bertz CT molecular complexity index is 3100. The first-order valence-electron chi connectivity index (χ1n) is 20.5. The molecule has 1 aliphatic carbocycles. The number of thiophene rings is 1. The van der Waals surface area contributed by atoms with E-state index in [0.717, 1.165) is 41.2 Å². The maximum atomic E-state index is 5.72. The Kier molecular flexibility index (Phi) is 8.64. The quantitative estimate of drug-likeness (QED) is 0.161. The summed E-state index contributed by atoms with van der Waals surface area (Å²) in [6.45, 7) is 2.28. The molecule has 0 amide bonds. The van der Waals surface area contributed by atoms with Crippen molar-refractivity contribution < 1.29 is 0 Å². The van der Waals surface area contributed by atoms with Crippen molar-refractivity contribution in [3.8, 4) is 22.3 Å². The Morgan fingerprint density at radius 3 is 1.76 bits per heavy atom. The van der Waals surface area contributed by atoms with Crippen molar-refractivity contribution >= 4 is 48.8 Å². The summed E-state index contributed by atoms with van der Waals surface area (Å²) in [5.74, 6) is 0.730. The lowest BCUT2D eigenvalue weighted by Gasteiger charge is -2.34. The Morgan fingerprint density at radius 2 is 1.03 bits per heavy atom. The summed E-state index contributed by atoms with van der Waals surface area (Å²) < 4.78 is 2.58. The topological polar surface area (TPSA) is 24.7 Å². The van der Waals surface area contributed by atoms with Gasteiger partial charge in [0.05, 0.1) is 16.8 Å². The molecule has 0 radical (unpaired) electrons. The molecule has 1 aliphatic heterocycles. The highest BCUT2D eigenvalue weighted by atomic mass is 32.1. The van der Waals surface area contributed by atoms with Gasteiger partial charge in [0.15, 0.2) is 5.84 Å². The summed E-state index contributed by atoms with van der Waals surface area (Å²) in [5, 5.41) is 2.58. The molecule has 280 valence electrons. The maximum Gasteiger partial charge on any atom is 0.160 e. The molecule has 1 aromatic heterocycles. The number of hydrogen-bond acceptors (Lipinski definition) is 3. The fourth-order valence-corrected chi connectivity index (χ4v) is 10.8. The van der Waals surface area contributed by atoms with Gasteiger partial charge in [-0.3, -0.25) is 0 Å². The Balaban J connectivity index is 1.19. The van der Waals surface area contributed by atoms with Crippen LogP contribution in [-0.2, 0) is 5.41 Å². The standard InChI is InChI=1S/C56H40N2S/c1-37-33-34-51(45-30-18-29-44-43-28-15-17-32-52(43)59-54(44)45)57-55(39-21-8-3-9-22-39)58-53(37)48-36-50-47(35-46(48)38-19-6-2-7-20-38)42-27-14-16-31-49(42)56(50,40-23-10-4-11-24-40)41-25-12-5-13-26-41/h2-32,35-36H,33-34H2,1H3/b53-37-,57-51?,58-55?. The fourth-order valence-electron chi connectivity index (χ4n) is 9.55. The molecule has 0 bridgehead atoms. The highest BCUT2D eigenvalue weighted by Crippen LogP contribution is 2.58. The third-order valence-electron chi connectivity index (χ3n) is 12.3. The van der Waals surface area contributed by atoms with Crippen LogP contribution < -0.4 is 0 Å². The smallest absolute Gasteiger partial charge is 0.160 e. The molecule has 0 atom stereocenters. The van der Waals surface area contributed by atoms with E-state index in [1.54, 1.807) is 0 Å². The zero-order valence-electron chi connectivity index (χ0n) is 32.8. The van der Waals surface area contributed by atoms with Crippen LogP contribution in [0.1, 0.15) is 58.7 Å². The molecule has 2 aliphatic rings. The summed E-state index contributed by atoms with van der Waals surface area (Å²) in [4.78, 5) is 11.3. The van der Waals surface area contributed by atoms with E-state index in [4.69, 9.17) is 9.98 Å². The van der Waals surface area contributed by atoms with Gasteiger partial charge < -0.3 is 0 Å². The number of aliphatic imine (C=N–C) groups is 2. The molecule has 8 aromatic carbocycles. The minimum atomic E-state index is -0.533. The van der Waals surface area contributed by atoms with Crippen molar-refractivity contribution in [1.29, 1.82) is 0 Å². The van der Waals surface area contributed by atoms with Crippen molar-refractivity contribution in [2.75, 3.05) is 0 Å². The monoisotopic (exact) mass is 772 g/mol. The van der Waals surface area contributed by atoms with Gasteiger partial charge in [0.1, 0.15) is 0 Å². The fraction of sp³-hybridized carbons (Fsp3) is 0.0714. The lowest BCUT2D eigenvalue weighted by molar-refractivity contribution is 0.768. The highest BCUT2D eigenvalue weighted by Gasteiger charge is 2.46. The third-order valence-corrected chi connectivity index (χ3v) is 13.5. The summed E-state index contributed by atoms with van der Waals surface area (Å²) in [5.41, 5.74) is 16.0. The first-order chi connectivity index (χ1) is 29.2. The van der Waals surface area contributed by atoms with Crippen molar-refractivity contribution in [3.63, 3.8) is 0 Å². The van der Waals surface area contributed by atoms with E-state index in [0.29, 0.717) is 0 Å². The number of amidine groups is 1. The van der Waals surface area contributed by atoms with Crippen molar-refractivity contribution in [2.45, 2.75) is 25.2 Å². The zero-order chi connectivity index (χ0) is 39.3. The van der Waals surface area contributed by atoms with E-state index in [-0.39, 0.29) is 0 Å². The van der Waals surface area contributed by atoms with Crippen LogP contribution in [0.3, 0.4) is 0 Å². The molecular formula is C56H40N2S. The molecule has 0 fully saturated rings. The molecule has 0 unspecified atom stereocenters. The molecule has 2 heterocycles. The summed E-state index contributed by atoms with van der Waals surface area (Å²) in [6, 6.07) is 72.8. The van der Waals surface area contributed by atoms with Crippen LogP contribution in [0.2, 0.25) is 0 Å². The van der Waals surface area contributed by atoms with Crippen LogP contribution in [0.25, 0.3) is 48.1 Å². The number of fused-ring (bicyclic) bond motifs is 6. The number of benzene rings is 8. The second-order valence-corrected chi connectivity index (χ2v) is 16.7. The summed E-state index contributed by atoms with van der Waals surface area (Å²) in [7, 11) is 0. The van der Waals surface area contributed by atoms with Crippen molar-refractivity contribution in [2.24, 2.45) is 9.98 Å². The molecule has 0 saturated heterocycles. The molecule has 9 aromatic rings. The van der Waals surface area contributed by atoms with E-state index in [2.05, 4.69) is 207 Å². The number of allylic oxidation sites excluding steroid dienone is 1. The van der Waals surface area contributed by atoms with Gasteiger partial charge in [-0.2, -0.15) is 0 Å². The summed E-state index contributed by atoms with van der Waals surface area (Å²) >= 11 is 1.86. The summed E-state index contributed by atoms with van der Waals surface area (Å²) in [6.07, 6.45) is 1.62. The molecule has 3 heteroatoms.